The van der Waals surface area contributed by atoms with Gasteiger partial charge in [-0.05, 0) is 24.3 Å². The van der Waals surface area contributed by atoms with Crippen LogP contribution in [0, 0.1) is 0 Å². The largest absolute Gasteiger partial charge is 0.369 e. The minimum atomic E-state index is -0.144. The van der Waals surface area contributed by atoms with Crippen molar-refractivity contribution in [2.24, 2.45) is 5.84 Å². The Morgan fingerprint density at radius 3 is 2.39 bits per heavy atom. The first-order valence-corrected chi connectivity index (χ1v) is 6.29. The van der Waals surface area contributed by atoms with Crippen LogP contribution >= 0.6 is 11.6 Å². The van der Waals surface area contributed by atoms with Crippen LogP contribution in [0.4, 0.5) is 5.69 Å². The molecule has 1 aliphatic heterocycles. The number of halogens is 1. The highest BCUT2D eigenvalue weighted by atomic mass is 35.5. The fourth-order valence-electron chi connectivity index (χ4n) is 2.06. The molecule has 98 valence electrons. The quantitative estimate of drug-likeness (QED) is 0.475. The van der Waals surface area contributed by atoms with E-state index >= 15 is 0 Å². The molecule has 0 unspecified atom stereocenters. The average molecular weight is 269 g/mol. The number of carbonyl (C=O) groups is 1. The Morgan fingerprint density at radius 2 is 1.83 bits per heavy atom. The molecule has 0 saturated carbocycles. The van der Waals surface area contributed by atoms with Crippen molar-refractivity contribution >= 4 is 23.2 Å². The van der Waals surface area contributed by atoms with Gasteiger partial charge in [0.15, 0.2) is 0 Å². The summed E-state index contributed by atoms with van der Waals surface area (Å²) in [5.41, 5.74) is 3.32. The van der Waals surface area contributed by atoms with E-state index in [4.69, 9.17) is 17.4 Å². The third-order valence-corrected chi connectivity index (χ3v) is 3.34. The van der Waals surface area contributed by atoms with Crippen LogP contribution in [0.2, 0.25) is 5.02 Å². The number of benzene rings is 1. The van der Waals surface area contributed by atoms with Crippen molar-refractivity contribution in [1.29, 1.82) is 0 Å². The van der Waals surface area contributed by atoms with Crippen molar-refractivity contribution in [1.82, 2.24) is 10.3 Å². The predicted octanol–water partition coefficient (Wildman–Crippen LogP) is 0.452. The Morgan fingerprint density at radius 1 is 1.22 bits per heavy atom. The van der Waals surface area contributed by atoms with Gasteiger partial charge in [-0.3, -0.25) is 15.1 Å². The van der Waals surface area contributed by atoms with Gasteiger partial charge in [0.2, 0.25) is 5.91 Å². The molecule has 2 rings (SSSR count). The number of carbonyl (C=O) groups excluding carboxylic acids is 1. The van der Waals surface area contributed by atoms with Gasteiger partial charge in [0.05, 0.1) is 6.54 Å². The molecule has 3 N–H and O–H groups in total. The maximum atomic E-state index is 11.2. The number of nitrogens with two attached hydrogens (primary N) is 1. The molecular weight excluding hydrogens is 252 g/mol. The first-order valence-electron chi connectivity index (χ1n) is 5.91. The van der Waals surface area contributed by atoms with Crippen LogP contribution in [0.3, 0.4) is 0 Å². The van der Waals surface area contributed by atoms with Crippen LogP contribution in [0.15, 0.2) is 24.3 Å². The smallest absolute Gasteiger partial charge is 0.248 e. The summed E-state index contributed by atoms with van der Waals surface area (Å²) in [4.78, 5) is 15.5. The number of nitrogens with one attached hydrogen (secondary N) is 1. The van der Waals surface area contributed by atoms with Crippen LogP contribution in [0.5, 0.6) is 0 Å². The van der Waals surface area contributed by atoms with Crippen LogP contribution in [0.25, 0.3) is 0 Å². The van der Waals surface area contributed by atoms with E-state index in [1.54, 1.807) is 0 Å². The lowest BCUT2D eigenvalue weighted by Crippen LogP contribution is -2.50. The van der Waals surface area contributed by atoms with E-state index in [0.717, 1.165) is 31.2 Å². The average Bonchev–Trinajstić information content (AvgIpc) is 2.40. The van der Waals surface area contributed by atoms with Gasteiger partial charge in [-0.25, -0.2) is 5.84 Å². The van der Waals surface area contributed by atoms with E-state index in [1.165, 1.54) is 5.69 Å². The minimum Gasteiger partial charge on any atom is -0.369 e. The number of hydrogen-bond donors (Lipinski definition) is 2. The second-order valence-electron chi connectivity index (χ2n) is 4.31. The minimum absolute atomic E-state index is 0.144. The van der Waals surface area contributed by atoms with Crippen molar-refractivity contribution in [3.8, 4) is 0 Å². The molecular formula is C12H17ClN4O. The molecule has 5 nitrogen and oxygen atoms in total. The van der Waals surface area contributed by atoms with E-state index in [9.17, 15) is 4.79 Å². The van der Waals surface area contributed by atoms with Crippen molar-refractivity contribution in [3.63, 3.8) is 0 Å². The normalized spacial score (nSPS) is 16.7. The molecule has 1 aliphatic rings. The summed E-state index contributed by atoms with van der Waals surface area (Å²) in [6, 6.07) is 7.82. The number of nitrogens with zero attached hydrogens (tertiary/aromatic N) is 2. The number of anilines is 1. The topological polar surface area (TPSA) is 61.6 Å². The summed E-state index contributed by atoms with van der Waals surface area (Å²) in [5, 5.41) is 0.747. The molecule has 0 radical (unpaired) electrons. The molecule has 1 heterocycles. The Labute approximate surface area is 111 Å². The van der Waals surface area contributed by atoms with Gasteiger partial charge in [0, 0.05) is 36.9 Å². The lowest BCUT2D eigenvalue weighted by atomic mass is 10.2. The van der Waals surface area contributed by atoms with E-state index in [0.29, 0.717) is 6.54 Å². The molecule has 0 aromatic heterocycles. The number of piperazine rings is 1. The third kappa shape index (κ3) is 3.35. The predicted molar refractivity (Wildman–Crippen MR) is 72.4 cm³/mol. The van der Waals surface area contributed by atoms with E-state index in [-0.39, 0.29) is 5.91 Å². The van der Waals surface area contributed by atoms with E-state index in [2.05, 4.69) is 15.2 Å². The molecule has 1 fully saturated rings. The molecule has 1 aromatic rings. The fourth-order valence-corrected chi connectivity index (χ4v) is 2.19. The number of amides is 1. The standard InChI is InChI=1S/C12H17ClN4O/c13-10-1-3-11(4-2-10)17-7-5-16(6-8-17)9-12(18)15-14/h1-4H,5-9,14H2,(H,15,18). The molecule has 0 atom stereocenters. The molecule has 6 heteroatoms. The Bertz CT molecular complexity index is 401. The lowest BCUT2D eigenvalue weighted by molar-refractivity contribution is -0.122. The van der Waals surface area contributed by atoms with Crippen molar-refractivity contribution in [2.45, 2.75) is 0 Å². The van der Waals surface area contributed by atoms with Crippen LogP contribution in [-0.4, -0.2) is 43.5 Å². The molecule has 0 bridgehead atoms. The maximum absolute atomic E-state index is 11.2. The summed E-state index contributed by atoms with van der Waals surface area (Å²) in [6.07, 6.45) is 0. The number of hydrazine groups is 1. The van der Waals surface area contributed by atoms with Gasteiger partial charge in [-0.2, -0.15) is 0 Å². The van der Waals surface area contributed by atoms with E-state index < -0.39 is 0 Å². The number of rotatable bonds is 3. The van der Waals surface area contributed by atoms with Gasteiger partial charge in [0.25, 0.3) is 0 Å². The maximum Gasteiger partial charge on any atom is 0.248 e. The second-order valence-corrected chi connectivity index (χ2v) is 4.74. The van der Waals surface area contributed by atoms with E-state index in [1.807, 2.05) is 24.3 Å². The van der Waals surface area contributed by atoms with Gasteiger partial charge in [-0.1, -0.05) is 11.6 Å². The van der Waals surface area contributed by atoms with Gasteiger partial charge >= 0.3 is 0 Å². The lowest BCUT2D eigenvalue weighted by Gasteiger charge is -2.35. The third-order valence-electron chi connectivity index (χ3n) is 3.09. The molecule has 1 amide bonds. The van der Waals surface area contributed by atoms with Crippen LogP contribution < -0.4 is 16.2 Å². The van der Waals surface area contributed by atoms with Crippen LogP contribution in [-0.2, 0) is 4.79 Å². The molecule has 1 saturated heterocycles. The van der Waals surface area contributed by atoms with Crippen molar-refractivity contribution < 1.29 is 4.79 Å². The summed E-state index contributed by atoms with van der Waals surface area (Å²) in [7, 11) is 0. The molecule has 1 aromatic carbocycles. The summed E-state index contributed by atoms with van der Waals surface area (Å²) < 4.78 is 0. The highest BCUT2D eigenvalue weighted by molar-refractivity contribution is 6.30. The summed E-state index contributed by atoms with van der Waals surface area (Å²) in [6.45, 7) is 3.88. The number of hydrogen-bond acceptors (Lipinski definition) is 4. The van der Waals surface area contributed by atoms with Gasteiger partial charge in [-0.15, -0.1) is 0 Å². The zero-order chi connectivity index (χ0) is 13.0. The Kier molecular flexibility index (Phi) is 4.41. The fraction of sp³-hybridized carbons (Fsp3) is 0.417. The van der Waals surface area contributed by atoms with Crippen molar-refractivity contribution in [2.75, 3.05) is 37.6 Å². The van der Waals surface area contributed by atoms with Crippen LogP contribution in [0.1, 0.15) is 0 Å². The van der Waals surface area contributed by atoms with Crippen molar-refractivity contribution in [3.05, 3.63) is 29.3 Å². The molecule has 0 spiro atoms. The SMILES string of the molecule is NNC(=O)CN1CCN(c2ccc(Cl)cc2)CC1. The highest BCUT2D eigenvalue weighted by Gasteiger charge is 2.18. The Balaban J connectivity index is 1.86. The zero-order valence-electron chi connectivity index (χ0n) is 10.1. The molecule has 0 aliphatic carbocycles. The first-order chi connectivity index (χ1) is 8.69. The van der Waals surface area contributed by atoms with Gasteiger partial charge in [0.1, 0.15) is 0 Å². The first kappa shape index (κ1) is 13.1. The monoisotopic (exact) mass is 268 g/mol. The van der Waals surface area contributed by atoms with Gasteiger partial charge < -0.3 is 4.90 Å². The summed E-state index contributed by atoms with van der Waals surface area (Å²) >= 11 is 5.86. The second kappa shape index (κ2) is 6.04. The highest BCUT2D eigenvalue weighted by Crippen LogP contribution is 2.19. The zero-order valence-corrected chi connectivity index (χ0v) is 10.9. The molecule has 18 heavy (non-hydrogen) atoms. The summed E-state index contributed by atoms with van der Waals surface area (Å²) in [5.74, 6) is 4.93. The Hall–Kier alpha value is -1.30.